The fraction of sp³-hybridized carbons (Fsp3) is 0.800. The van der Waals surface area contributed by atoms with Gasteiger partial charge in [0.05, 0.1) is 6.54 Å². The zero-order chi connectivity index (χ0) is 13.8. The van der Waals surface area contributed by atoms with Crippen LogP contribution >= 0.6 is 0 Å². The minimum Gasteiger partial charge on any atom is -0.369 e. The van der Waals surface area contributed by atoms with E-state index >= 15 is 0 Å². The lowest BCUT2D eigenvalue weighted by Crippen LogP contribution is -2.42. The van der Waals surface area contributed by atoms with Crippen LogP contribution in [0.4, 0.5) is 13.2 Å². The number of likely N-dealkylation sites (tertiary alicyclic amines) is 1. The van der Waals surface area contributed by atoms with Crippen LogP contribution in [0.15, 0.2) is 0 Å². The van der Waals surface area contributed by atoms with Crippen LogP contribution in [0.25, 0.3) is 0 Å². The number of alkyl halides is 3. The molecule has 0 saturated carbocycles. The highest BCUT2D eigenvalue weighted by Crippen LogP contribution is 2.21. The summed E-state index contributed by atoms with van der Waals surface area (Å²) in [5, 5.41) is 2.87. The lowest BCUT2D eigenvalue weighted by Gasteiger charge is -2.21. The molecule has 1 heterocycles. The third-order valence-electron chi connectivity index (χ3n) is 2.82. The molecular weight excluding hydrogens is 251 g/mol. The van der Waals surface area contributed by atoms with Gasteiger partial charge in [-0.25, -0.2) is 0 Å². The van der Waals surface area contributed by atoms with Gasteiger partial charge < -0.3 is 16.0 Å². The summed E-state index contributed by atoms with van der Waals surface area (Å²) in [5.74, 6) is -2.31. The number of rotatable bonds is 3. The summed E-state index contributed by atoms with van der Waals surface area (Å²) in [6, 6.07) is -0.0801. The highest BCUT2D eigenvalue weighted by molar-refractivity contribution is 5.81. The summed E-state index contributed by atoms with van der Waals surface area (Å²) >= 11 is 0. The standard InChI is InChI=1S/C10H16F3N3O2/c11-10(12,13)9(18)16-4-1-2-7(3-5-16)15-6-8(14)17/h7,15H,1-6H2,(H2,14,17). The van der Waals surface area contributed by atoms with Crippen molar-refractivity contribution in [3.05, 3.63) is 0 Å². The number of carbonyl (C=O) groups excluding carboxylic acids is 2. The number of nitrogens with two attached hydrogens (primary N) is 1. The van der Waals surface area contributed by atoms with Crippen LogP contribution in [0.2, 0.25) is 0 Å². The first-order valence-electron chi connectivity index (χ1n) is 5.68. The molecule has 0 aromatic rings. The average Bonchev–Trinajstić information content (AvgIpc) is 2.49. The first-order chi connectivity index (χ1) is 8.30. The van der Waals surface area contributed by atoms with Crippen LogP contribution in [-0.2, 0) is 9.59 Å². The van der Waals surface area contributed by atoms with Gasteiger partial charge in [-0.05, 0) is 19.3 Å². The Morgan fingerprint density at radius 2 is 1.94 bits per heavy atom. The number of carbonyl (C=O) groups is 2. The number of nitrogens with one attached hydrogen (secondary N) is 1. The van der Waals surface area contributed by atoms with Crippen LogP contribution in [0, 0.1) is 0 Å². The first kappa shape index (κ1) is 14.7. The quantitative estimate of drug-likeness (QED) is 0.756. The molecule has 5 nitrogen and oxygen atoms in total. The lowest BCUT2D eigenvalue weighted by atomic mass is 10.1. The molecule has 1 fully saturated rings. The fourth-order valence-electron chi connectivity index (χ4n) is 1.93. The summed E-state index contributed by atoms with van der Waals surface area (Å²) in [5.41, 5.74) is 4.97. The maximum Gasteiger partial charge on any atom is 0.471 e. The van der Waals surface area contributed by atoms with Crippen molar-refractivity contribution < 1.29 is 22.8 Å². The lowest BCUT2D eigenvalue weighted by molar-refractivity contribution is -0.185. The topological polar surface area (TPSA) is 75.4 Å². The molecule has 0 aromatic heterocycles. The highest BCUT2D eigenvalue weighted by Gasteiger charge is 2.42. The largest absolute Gasteiger partial charge is 0.471 e. The van der Waals surface area contributed by atoms with Gasteiger partial charge in [-0.1, -0.05) is 0 Å². The molecule has 2 amide bonds. The van der Waals surface area contributed by atoms with Crippen molar-refractivity contribution in [3.63, 3.8) is 0 Å². The predicted molar refractivity (Wildman–Crippen MR) is 57.5 cm³/mol. The monoisotopic (exact) mass is 267 g/mol. The van der Waals surface area contributed by atoms with Gasteiger partial charge in [-0.15, -0.1) is 0 Å². The van der Waals surface area contributed by atoms with Gasteiger partial charge in [-0.2, -0.15) is 13.2 Å². The number of halogens is 3. The Morgan fingerprint density at radius 1 is 1.28 bits per heavy atom. The average molecular weight is 267 g/mol. The Hall–Kier alpha value is -1.31. The molecule has 1 saturated heterocycles. The van der Waals surface area contributed by atoms with E-state index in [1.165, 1.54) is 0 Å². The van der Waals surface area contributed by atoms with Crippen molar-refractivity contribution in [1.82, 2.24) is 10.2 Å². The van der Waals surface area contributed by atoms with E-state index in [0.29, 0.717) is 19.3 Å². The number of amides is 2. The number of hydrogen-bond donors (Lipinski definition) is 2. The molecule has 1 atom stereocenters. The molecule has 8 heteroatoms. The van der Waals surface area contributed by atoms with E-state index in [2.05, 4.69) is 5.32 Å². The minimum absolute atomic E-state index is 0.00210. The van der Waals surface area contributed by atoms with E-state index in [0.717, 1.165) is 4.90 Å². The highest BCUT2D eigenvalue weighted by atomic mass is 19.4. The van der Waals surface area contributed by atoms with Crippen molar-refractivity contribution in [3.8, 4) is 0 Å². The zero-order valence-corrected chi connectivity index (χ0v) is 9.79. The molecule has 1 aliphatic rings. The third kappa shape index (κ3) is 4.52. The van der Waals surface area contributed by atoms with E-state index in [1.54, 1.807) is 0 Å². The Labute approximate surface area is 102 Å². The predicted octanol–water partition coefficient (Wildman–Crippen LogP) is 0.00470. The van der Waals surface area contributed by atoms with E-state index < -0.39 is 18.0 Å². The van der Waals surface area contributed by atoms with Gasteiger partial charge in [0.2, 0.25) is 5.91 Å². The van der Waals surface area contributed by atoms with E-state index in [1.807, 2.05) is 0 Å². The molecule has 3 N–H and O–H groups in total. The summed E-state index contributed by atoms with van der Waals surface area (Å²) in [6.07, 6.45) is -3.34. The third-order valence-corrected chi connectivity index (χ3v) is 2.82. The van der Waals surface area contributed by atoms with Crippen molar-refractivity contribution in [2.45, 2.75) is 31.5 Å². The Bertz CT molecular complexity index is 320. The molecule has 1 rings (SSSR count). The second-order valence-corrected chi connectivity index (χ2v) is 4.27. The van der Waals surface area contributed by atoms with E-state index in [-0.39, 0.29) is 25.7 Å². The summed E-state index contributed by atoms with van der Waals surface area (Å²) in [4.78, 5) is 22.4. The Morgan fingerprint density at radius 3 is 2.50 bits per heavy atom. The van der Waals surface area contributed by atoms with Gasteiger partial charge in [0.15, 0.2) is 0 Å². The molecule has 0 aromatic carbocycles. The molecule has 0 radical (unpaired) electrons. The molecule has 0 aliphatic carbocycles. The van der Waals surface area contributed by atoms with Crippen LogP contribution < -0.4 is 11.1 Å². The summed E-state index contributed by atoms with van der Waals surface area (Å²) < 4.78 is 36.7. The fourth-order valence-corrected chi connectivity index (χ4v) is 1.93. The van der Waals surface area contributed by atoms with Crippen LogP contribution in [0.3, 0.4) is 0 Å². The normalized spacial score (nSPS) is 21.5. The maximum atomic E-state index is 12.2. The minimum atomic E-state index is -4.82. The molecule has 104 valence electrons. The van der Waals surface area contributed by atoms with Crippen LogP contribution in [0.5, 0.6) is 0 Å². The van der Waals surface area contributed by atoms with E-state index in [9.17, 15) is 22.8 Å². The van der Waals surface area contributed by atoms with Crippen LogP contribution in [0.1, 0.15) is 19.3 Å². The maximum absolute atomic E-state index is 12.2. The summed E-state index contributed by atoms with van der Waals surface area (Å²) in [6.45, 7) is 0.125. The first-order valence-corrected chi connectivity index (χ1v) is 5.68. The number of primary amides is 1. The number of hydrogen-bond acceptors (Lipinski definition) is 3. The van der Waals surface area contributed by atoms with Gasteiger partial charge in [-0.3, -0.25) is 9.59 Å². The Balaban J connectivity index is 2.46. The van der Waals surface area contributed by atoms with Crippen LogP contribution in [-0.4, -0.2) is 48.6 Å². The number of nitrogens with zero attached hydrogens (tertiary/aromatic N) is 1. The second-order valence-electron chi connectivity index (χ2n) is 4.27. The van der Waals surface area contributed by atoms with Gasteiger partial charge >= 0.3 is 12.1 Å². The summed E-state index contributed by atoms with van der Waals surface area (Å²) in [7, 11) is 0. The van der Waals surface area contributed by atoms with Crippen molar-refractivity contribution in [2.75, 3.05) is 19.6 Å². The van der Waals surface area contributed by atoms with Gasteiger partial charge in [0, 0.05) is 19.1 Å². The van der Waals surface area contributed by atoms with Crippen molar-refractivity contribution >= 4 is 11.8 Å². The molecule has 18 heavy (non-hydrogen) atoms. The zero-order valence-electron chi connectivity index (χ0n) is 9.79. The Kier molecular flexibility index (Phi) is 4.94. The molecule has 0 spiro atoms. The van der Waals surface area contributed by atoms with Gasteiger partial charge in [0.25, 0.3) is 0 Å². The molecule has 1 unspecified atom stereocenters. The molecule has 1 aliphatic heterocycles. The van der Waals surface area contributed by atoms with Crippen molar-refractivity contribution in [2.24, 2.45) is 5.73 Å². The second kappa shape index (κ2) is 6.03. The van der Waals surface area contributed by atoms with E-state index in [4.69, 9.17) is 5.73 Å². The molecule has 0 bridgehead atoms. The van der Waals surface area contributed by atoms with Crippen molar-refractivity contribution in [1.29, 1.82) is 0 Å². The SMILES string of the molecule is NC(=O)CNC1CCCN(C(=O)C(F)(F)F)CC1. The smallest absolute Gasteiger partial charge is 0.369 e. The van der Waals surface area contributed by atoms with Gasteiger partial charge in [0.1, 0.15) is 0 Å². The molecular formula is C10H16F3N3O2.